The molecule has 11 heteroatoms. The van der Waals surface area contributed by atoms with E-state index in [0.717, 1.165) is 40.8 Å². The average molecular weight is 547 g/mol. The van der Waals surface area contributed by atoms with Crippen LogP contribution in [-0.4, -0.2) is 46.3 Å². The quantitative estimate of drug-likeness (QED) is 0.251. The van der Waals surface area contributed by atoms with E-state index in [1.165, 1.54) is 4.90 Å². The van der Waals surface area contributed by atoms with Gasteiger partial charge in [0.05, 0.1) is 11.8 Å². The van der Waals surface area contributed by atoms with Crippen LogP contribution in [0.15, 0.2) is 54.7 Å². The second-order valence-electron chi connectivity index (χ2n) is 9.37. The number of nitrogens with zero attached hydrogens (tertiary/aromatic N) is 2. The molecular formula is C28H30N6O4S. The van der Waals surface area contributed by atoms with Crippen molar-refractivity contribution < 1.29 is 19.1 Å². The highest BCUT2D eigenvalue weighted by Gasteiger charge is 2.38. The van der Waals surface area contributed by atoms with Crippen LogP contribution in [0.1, 0.15) is 57.1 Å². The molecule has 0 aliphatic carbocycles. The van der Waals surface area contributed by atoms with Gasteiger partial charge >= 0.3 is 0 Å². The van der Waals surface area contributed by atoms with E-state index in [9.17, 15) is 14.4 Å². The lowest BCUT2D eigenvalue weighted by atomic mass is 9.99. The first kappa shape index (κ1) is 26.4. The molecule has 0 unspecified atom stereocenters. The van der Waals surface area contributed by atoms with Gasteiger partial charge in [-0.15, -0.1) is 0 Å². The van der Waals surface area contributed by atoms with E-state index in [1.807, 2.05) is 49.4 Å². The second-order valence-corrected chi connectivity index (χ2v) is 10.1. The summed E-state index contributed by atoms with van der Waals surface area (Å²) in [7, 11) is 0. The lowest BCUT2D eigenvalue weighted by Gasteiger charge is -2.32. The minimum atomic E-state index is -1.07. The van der Waals surface area contributed by atoms with E-state index in [0.29, 0.717) is 30.8 Å². The molecular weight excluding hydrogens is 516 g/mol. The van der Waals surface area contributed by atoms with Crippen LogP contribution in [0.5, 0.6) is 0 Å². The smallest absolute Gasteiger partial charge is 0.273 e. The number of aryl methyl sites for hydroxylation is 1. The SMILES string of the molecule is CCc1ccccc1N(C(=O)c1snc(C(N)=O)c1N)[C@@H](C(=O)NC[C@@H]1CCCO1)c1c[nH]c2ccccc12. The average Bonchev–Trinajstić information content (AvgIpc) is 3.70. The third kappa shape index (κ3) is 5.10. The Morgan fingerprint density at radius 2 is 1.97 bits per heavy atom. The largest absolute Gasteiger partial charge is 0.395 e. The van der Waals surface area contributed by atoms with Gasteiger partial charge in [0.2, 0.25) is 5.91 Å². The van der Waals surface area contributed by atoms with Gasteiger partial charge in [0, 0.05) is 41.5 Å². The number of H-pyrrole nitrogens is 1. The van der Waals surface area contributed by atoms with Crippen LogP contribution in [0.4, 0.5) is 11.4 Å². The lowest BCUT2D eigenvalue weighted by Crippen LogP contribution is -2.46. The predicted octanol–water partition coefficient (Wildman–Crippen LogP) is 3.55. The molecule has 0 bridgehead atoms. The summed E-state index contributed by atoms with van der Waals surface area (Å²) in [5.74, 6) is -1.75. The van der Waals surface area contributed by atoms with Crippen molar-refractivity contribution in [2.45, 2.75) is 38.3 Å². The first-order valence-electron chi connectivity index (χ1n) is 12.8. The molecule has 3 heterocycles. The van der Waals surface area contributed by atoms with Crippen molar-refractivity contribution in [3.63, 3.8) is 0 Å². The van der Waals surface area contributed by atoms with Gasteiger partial charge in [-0.3, -0.25) is 19.3 Å². The number of hydrogen-bond acceptors (Lipinski definition) is 7. The van der Waals surface area contributed by atoms with E-state index in [-0.39, 0.29) is 28.3 Å². The number of para-hydroxylation sites is 2. The number of anilines is 2. The van der Waals surface area contributed by atoms with Crippen LogP contribution in [0.2, 0.25) is 0 Å². The maximum absolute atomic E-state index is 14.4. The minimum Gasteiger partial charge on any atom is -0.395 e. The summed E-state index contributed by atoms with van der Waals surface area (Å²) in [5.41, 5.74) is 14.2. The highest BCUT2D eigenvalue weighted by molar-refractivity contribution is 7.09. The number of hydrogen-bond donors (Lipinski definition) is 4. The first-order valence-corrected chi connectivity index (χ1v) is 13.6. The maximum atomic E-state index is 14.4. The molecule has 0 saturated carbocycles. The summed E-state index contributed by atoms with van der Waals surface area (Å²) in [5, 5.41) is 3.82. The molecule has 1 aliphatic heterocycles. The van der Waals surface area contributed by atoms with Crippen molar-refractivity contribution in [3.05, 3.63) is 76.4 Å². The topological polar surface area (TPSA) is 156 Å². The highest BCUT2D eigenvalue weighted by Crippen LogP contribution is 2.37. The normalized spacial score (nSPS) is 15.8. The van der Waals surface area contributed by atoms with Gasteiger partial charge in [-0.05, 0) is 48.5 Å². The lowest BCUT2D eigenvalue weighted by molar-refractivity contribution is -0.123. The summed E-state index contributed by atoms with van der Waals surface area (Å²) in [6.45, 7) is 2.96. The molecule has 0 spiro atoms. The molecule has 1 saturated heterocycles. The fraction of sp³-hybridized carbons (Fsp3) is 0.286. The molecule has 2 aromatic heterocycles. The van der Waals surface area contributed by atoms with E-state index in [2.05, 4.69) is 14.7 Å². The fourth-order valence-electron chi connectivity index (χ4n) is 4.98. The number of nitrogens with one attached hydrogen (secondary N) is 2. The van der Waals surface area contributed by atoms with Gasteiger partial charge in [0.15, 0.2) is 5.69 Å². The Hall–Kier alpha value is -4.22. The van der Waals surface area contributed by atoms with E-state index in [1.54, 1.807) is 12.3 Å². The van der Waals surface area contributed by atoms with Crippen LogP contribution in [0.3, 0.4) is 0 Å². The van der Waals surface area contributed by atoms with Crippen LogP contribution >= 0.6 is 11.5 Å². The number of benzene rings is 2. The molecule has 10 nitrogen and oxygen atoms in total. The molecule has 1 aliphatic rings. The van der Waals surface area contributed by atoms with Gasteiger partial charge in [-0.1, -0.05) is 43.3 Å². The molecule has 1 fully saturated rings. The molecule has 2 aromatic carbocycles. The van der Waals surface area contributed by atoms with Crippen molar-refractivity contribution in [1.29, 1.82) is 0 Å². The van der Waals surface area contributed by atoms with Crippen molar-refractivity contribution in [1.82, 2.24) is 14.7 Å². The van der Waals surface area contributed by atoms with Crippen LogP contribution in [0, 0.1) is 0 Å². The van der Waals surface area contributed by atoms with Gasteiger partial charge in [0.1, 0.15) is 10.9 Å². The number of nitrogen functional groups attached to an aromatic ring is 1. The highest BCUT2D eigenvalue weighted by atomic mass is 32.1. The summed E-state index contributed by atoms with van der Waals surface area (Å²) in [6.07, 6.45) is 4.07. The van der Waals surface area contributed by atoms with E-state index < -0.39 is 17.9 Å². The summed E-state index contributed by atoms with van der Waals surface area (Å²) in [4.78, 5) is 45.0. The van der Waals surface area contributed by atoms with Crippen LogP contribution in [-0.2, 0) is 16.0 Å². The van der Waals surface area contributed by atoms with Crippen molar-refractivity contribution in [2.24, 2.45) is 5.73 Å². The number of carbonyl (C=O) groups excluding carboxylic acids is 3. The maximum Gasteiger partial charge on any atom is 0.273 e. The number of aromatic amines is 1. The Morgan fingerprint density at radius 1 is 1.21 bits per heavy atom. The summed E-state index contributed by atoms with van der Waals surface area (Å²) >= 11 is 0.786. The molecule has 2 atom stereocenters. The van der Waals surface area contributed by atoms with Crippen LogP contribution in [0.25, 0.3) is 10.9 Å². The molecule has 6 N–H and O–H groups in total. The monoisotopic (exact) mass is 546 g/mol. The number of primary amides is 1. The molecule has 0 radical (unpaired) electrons. The predicted molar refractivity (Wildman–Crippen MR) is 151 cm³/mol. The molecule has 4 aromatic rings. The Bertz CT molecular complexity index is 1520. The van der Waals surface area contributed by atoms with Gasteiger partial charge < -0.3 is 26.5 Å². The number of aromatic nitrogens is 2. The standard InChI is InChI=1S/C28H30N6O4S/c1-2-16-8-3-6-12-21(16)34(28(37)25-22(29)23(26(30)35)33-39-25)24(27(36)32-14-17-9-7-13-38-17)19-15-31-20-11-5-4-10-18(19)20/h3-6,8,10-12,15,17,24,31H,2,7,9,13-14,29H2,1H3,(H2,30,35)(H,32,36)/t17-,24+/m0/s1. The Morgan fingerprint density at radius 3 is 2.69 bits per heavy atom. The van der Waals surface area contributed by atoms with Crippen LogP contribution < -0.4 is 21.7 Å². The summed E-state index contributed by atoms with van der Waals surface area (Å²) < 4.78 is 9.75. The zero-order chi connectivity index (χ0) is 27.5. The number of carbonyl (C=O) groups is 3. The van der Waals surface area contributed by atoms with Gasteiger partial charge in [-0.25, -0.2) is 0 Å². The minimum absolute atomic E-state index is 0.0338. The Kier molecular flexibility index (Phi) is 7.62. The van der Waals surface area contributed by atoms with Gasteiger partial charge in [-0.2, -0.15) is 4.37 Å². The molecule has 5 rings (SSSR count). The number of nitrogens with two attached hydrogens (primary N) is 2. The first-order chi connectivity index (χ1) is 18.9. The van der Waals surface area contributed by atoms with E-state index in [4.69, 9.17) is 16.2 Å². The van der Waals surface area contributed by atoms with E-state index >= 15 is 0 Å². The molecule has 202 valence electrons. The van der Waals surface area contributed by atoms with Crippen molar-refractivity contribution >= 4 is 51.5 Å². The summed E-state index contributed by atoms with van der Waals surface area (Å²) in [6, 6.07) is 13.9. The zero-order valence-corrected chi connectivity index (χ0v) is 22.3. The zero-order valence-electron chi connectivity index (χ0n) is 21.5. The molecule has 39 heavy (non-hydrogen) atoms. The molecule has 3 amide bonds. The number of amides is 3. The third-order valence-corrected chi connectivity index (χ3v) is 7.81. The number of ether oxygens (including phenoxy) is 1. The number of fused-ring (bicyclic) bond motifs is 1. The third-order valence-electron chi connectivity index (χ3n) is 6.96. The van der Waals surface area contributed by atoms with Crippen molar-refractivity contribution in [3.8, 4) is 0 Å². The Labute approximate surface area is 229 Å². The van der Waals surface area contributed by atoms with Crippen molar-refractivity contribution in [2.75, 3.05) is 23.8 Å². The number of rotatable bonds is 9. The van der Waals surface area contributed by atoms with Gasteiger partial charge in [0.25, 0.3) is 11.8 Å². The second kappa shape index (κ2) is 11.3. The Balaban J connectivity index is 1.67. The fourth-order valence-corrected chi connectivity index (χ4v) is 5.73.